The summed E-state index contributed by atoms with van der Waals surface area (Å²) in [6.07, 6.45) is 5.67. The Balaban J connectivity index is 2.11. The molecule has 6 radical (unpaired) electrons. The molecule has 13 heteroatoms. The number of carbonyl (C=O) groups is 1. The number of rotatable bonds is 12. The smallest absolute Gasteiger partial charge is 0.355 e. The Labute approximate surface area is 284 Å². The van der Waals surface area contributed by atoms with E-state index in [1.54, 1.807) is 23.2 Å². The SMILES string of the molecule is [B]C([B])=Cc1cccc(F)c1-c1nc2c(cc1Cl)c(N([B])[C@@H](C)CN(CCC)C(=O)C=C)nc(=O)n2-c1c(CC)ccnc1C(C)C. The summed E-state index contributed by atoms with van der Waals surface area (Å²) in [6, 6.07) is 7.33. The fourth-order valence-corrected chi connectivity index (χ4v) is 5.80. The summed E-state index contributed by atoms with van der Waals surface area (Å²) in [6.45, 7) is 14.0. The van der Waals surface area contributed by atoms with Crippen molar-refractivity contribution in [3.63, 3.8) is 0 Å². The Morgan fingerprint density at radius 3 is 2.51 bits per heavy atom. The Hall–Kier alpha value is -4.18. The molecule has 3 heterocycles. The van der Waals surface area contributed by atoms with Crippen LogP contribution in [0.5, 0.6) is 0 Å². The number of carbonyl (C=O) groups excluding carboxylic acids is 1. The minimum atomic E-state index is -0.673. The van der Waals surface area contributed by atoms with Gasteiger partial charge < -0.3 is 9.71 Å². The van der Waals surface area contributed by atoms with Gasteiger partial charge in [-0.3, -0.25) is 9.78 Å². The first-order valence-electron chi connectivity index (χ1n) is 15.4. The standard InChI is InChI=1S/C34H35B3ClFN6O2/c1-7-15-43(27(46)9-3)18-20(6)45(37)33-23-17-24(38)30(28-22(16-26(35)36)11-10-12-25(28)39)41-32(23)44(34(47)42-33)31-21(8-2)13-14-40-29(31)19(4)5/h9-14,16-17,19-20H,3,7-8,15,18H2,1-2,4-6H3/t20-/m0/s1. The zero-order chi connectivity index (χ0) is 34.6. The van der Waals surface area contributed by atoms with E-state index in [4.69, 9.17) is 40.3 Å². The van der Waals surface area contributed by atoms with Crippen molar-refractivity contribution < 1.29 is 9.18 Å². The van der Waals surface area contributed by atoms with Crippen LogP contribution in [0.4, 0.5) is 10.2 Å². The van der Waals surface area contributed by atoms with Gasteiger partial charge in [-0.05, 0) is 61.1 Å². The average Bonchev–Trinajstić information content (AvgIpc) is 3.03. The molecule has 0 unspecified atom stereocenters. The first kappa shape index (κ1) is 35.7. The second kappa shape index (κ2) is 15.2. The van der Waals surface area contributed by atoms with E-state index in [9.17, 15) is 9.59 Å². The first-order valence-corrected chi connectivity index (χ1v) is 15.8. The van der Waals surface area contributed by atoms with Crippen LogP contribution in [0.1, 0.15) is 63.8 Å². The number of aryl methyl sites for hydroxylation is 1. The van der Waals surface area contributed by atoms with Crippen LogP contribution in [0.3, 0.4) is 0 Å². The summed E-state index contributed by atoms with van der Waals surface area (Å²) >= 11 is 6.88. The second-order valence-electron chi connectivity index (χ2n) is 11.5. The number of hydrogen-bond acceptors (Lipinski definition) is 6. The van der Waals surface area contributed by atoms with Crippen LogP contribution in [0, 0.1) is 5.82 Å². The lowest BCUT2D eigenvalue weighted by Gasteiger charge is -2.32. The molecular formula is C34H35B3ClFN6O2. The number of benzene rings is 1. The number of halogens is 2. The van der Waals surface area contributed by atoms with E-state index in [-0.39, 0.29) is 51.5 Å². The van der Waals surface area contributed by atoms with Gasteiger partial charge in [-0.1, -0.05) is 64.1 Å². The van der Waals surface area contributed by atoms with Crippen molar-refractivity contribution in [1.82, 2.24) is 24.4 Å². The number of amides is 1. The third kappa shape index (κ3) is 7.38. The van der Waals surface area contributed by atoms with Gasteiger partial charge >= 0.3 is 5.69 Å². The highest BCUT2D eigenvalue weighted by Crippen LogP contribution is 2.37. The van der Waals surface area contributed by atoms with E-state index in [1.807, 2.05) is 40.7 Å². The van der Waals surface area contributed by atoms with E-state index in [0.717, 1.165) is 12.0 Å². The van der Waals surface area contributed by atoms with Crippen LogP contribution in [0.2, 0.25) is 5.02 Å². The summed E-state index contributed by atoms with van der Waals surface area (Å²) < 4.78 is 17.0. The lowest BCUT2D eigenvalue weighted by atomic mass is 9.77. The quantitative estimate of drug-likeness (QED) is 0.146. The van der Waals surface area contributed by atoms with Crippen molar-refractivity contribution in [1.29, 1.82) is 0 Å². The van der Waals surface area contributed by atoms with Crippen molar-refractivity contribution in [3.05, 3.63) is 92.7 Å². The van der Waals surface area contributed by atoms with Crippen LogP contribution in [0.25, 0.3) is 34.1 Å². The predicted molar refractivity (Wildman–Crippen MR) is 191 cm³/mol. The van der Waals surface area contributed by atoms with E-state index >= 15 is 4.39 Å². The molecule has 1 aromatic carbocycles. The largest absolute Gasteiger partial charge is 0.405 e. The lowest BCUT2D eigenvalue weighted by molar-refractivity contribution is -0.126. The Bertz CT molecular complexity index is 1910. The summed E-state index contributed by atoms with van der Waals surface area (Å²) in [4.78, 5) is 43.6. The Morgan fingerprint density at radius 2 is 1.89 bits per heavy atom. The fourth-order valence-electron chi connectivity index (χ4n) is 5.55. The number of pyridine rings is 2. The van der Waals surface area contributed by atoms with Gasteiger partial charge in [0.25, 0.3) is 0 Å². The molecule has 0 aliphatic heterocycles. The van der Waals surface area contributed by atoms with Crippen LogP contribution >= 0.6 is 11.6 Å². The second-order valence-corrected chi connectivity index (χ2v) is 12.0. The number of anilines is 1. The molecule has 0 saturated heterocycles. The highest BCUT2D eigenvalue weighted by Gasteiger charge is 2.26. The van der Waals surface area contributed by atoms with Crippen LogP contribution < -0.4 is 10.5 Å². The maximum Gasteiger partial charge on any atom is 0.355 e. The summed E-state index contributed by atoms with van der Waals surface area (Å²) in [5.74, 6) is -0.844. The van der Waals surface area contributed by atoms with Gasteiger partial charge in [-0.15, -0.1) is 0 Å². The molecule has 0 aliphatic carbocycles. The van der Waals surface area contributed by atoms with Crippen molar-refractivity contribution in [2.45, 2.75) is 59.4 Å². The highest BCUT2D eigenvalue weighted by molar-refractivity contribution is 6.50. The molecule has 236 valence electrons. The summed E-state index contributed by atoms with van der Waals surface area (Å²) in [5, 5.41) is 0.362. The number of fused-ring (bicyclic) bond motifs is 1. The third-order valence-corrected chi connectivity index (χ3v) is 8.07. The zero-order valence-electron chi connectivity index (χ0n) is 27.3. The van der Waals surface area contributed by atoms with Crippen molar-refractivity contribution in [3.8, 4) is 16.9 Å². The number of nitrogens with zero attached hydrogens (tertiary/aromatic N) is 6. The zero-order valence-corrected chi connectivity index (χ0v) is 28.1. The minimum absolute atomic E-state index is 0.0403. The molecule has 0 spiro atoms. The van der Waals surface area contributed by atoms with Crippen LogP contribution in [-0.4, -0.2) is 73.1 Å². The molecular weight excluding hydrogens is 611 g/mol. The van der Waals surface area contributed by atoms with Gasteiger partial charge in [0.05, 0.1) is 43.2 Å². The molecule has 47 heavy (non-hydrogen) atoms. The van der Waals surface area contributed by atoms with Gasteiger partial charge in [0.15, 0.2) is 5.65 Å². The molecule has 0 bridgehead atoms. The highest BCUT2D eigenvalue weighted by atomic mass is 35.5. The number of hydrogen-bond donors (Lipinski definition) is 0. The van der Waals surface area contributed by atoms with Gasteiger partial charge in [-0.2, -0.15) is 10.4 Å². The molecule has 1 amide bonds. The molecule has 1 atom stereocenters. The minimum Gasteiger partial charge on any atom is -0.405 e. The van der Waals surface area contributed by atoms with Crippen molar-refractivity contribution in [2.24, 2.45) is 0 Å². The fraction of sp³-hybridized carbons (Fsp3) is 0.324. The molecule has 0 saturated carbocycles. The normalized spacial score (nSPS) is 11.8. The lowest BCUT2D eigenvalue weighted by Crippen LogP contribution is -2.44. The van der Waals surface area contributed by atoms with Gasteiger partial charge in [0.1, 0.15) is 11.6 Å². The summed E-state index contributed by atoms with van der Waals surface area (Å²) in [5.41, 5.74) is 1.94. The molecule has 0 fully saturated rings. The van der Waals surface area contributed by atoms with Gasteiger partial charge in [-0.25, -0.2) is 18.7 Å². The maximum atomic E-state index is 15.6. The topological polar surface area (TPSA) is 84.2 Å². The average molecular weight is 647 g/mol. The monoisotopic (exact) mass is 646 g/mol. The molecule has 4 rings (SSSR count). The van der Waals surface area contributed by atoms with Crippen LogP contribution in [-0.2, 0) is 11.2 Å². The number of aromatic nitrogens is 4. The molecule has 0 aliphatic rings. The Kier molecular flexibility index (Phi) is 11.5. The molecule has 4 aromatic rings. The van der Waals surface area contributed by atoms with Crippen LogP contribution in [0.15, 0.2) is 59.3 Å². The van der Waals surface area contributed by atoms with Gasteiger partial charge in [0.2, 0.25) is 13.9 Å². The van der Waals surface area contributed by atoms with E-state index in [0.29, 0.717) is 35.3 Å². The van der Waals surface area contributed by atoms with E-state index < -0.39 is 17.5 Å². The van der Waals surface area contributed by atoms with Crippen molar-refractivity contribution >= 4 is 64.1 Å². The Morgan fingerprint density at radius 1 is 1.17 bits per heavy atom. The van der Waals surface area contributed by atoms with Crippen molar-refractivity contribution in [2.75, 3.05) is 17.9 Å². The van der Waals surface area contributed by atoms with Gasteiger partial charge in [0, 0.05) is 30.9 Å². The predicted octanol–water partition coefficient (Wildman–Crippen LogP) is 5.66. The molecule has 8 nitrogen and oxygen atoms in total. The van der Waals surface area contributed by atoms with E-state index in [2.05, 4.69) is 16.5 Å². The van der Waals surface area contributed by atoms with E-state index in [1.165, 1.54) is 33.7 Å². The molecule has 3 aromatic heterocycles. The molecule has 0 N–H and O–H groups in total. The first-order chi connectivity index (χ1) is 22.3. The maximum absolute atomic E-state index is 15.6. The third-order valence-electron chi connectivity index (χ3n) is 7.78. The summed E-state index contributed by atoms with van der Waals surface area (Å²) in [7, 11) is 18.2.